The summed E-state index contributed by atoms with van der Waals surface area (Å²) in [6, 6.07) is 0. The Balaban J connectivity index is 0.000000250. The molecule has 3 nitrogen and oxygen atoms in total. The summed E-state index contributed by atoms with van der Waals surface area (Å²) in [6.07, 6.45) is 5.39. The number of hydrogen-bond acceptors (Lipinski definition) is 2. The van der Waals surface area contributed by atoms with Crippen molar-refractivity contribution in [1.29, 1.82) is 0 Å². The van der Waals surface area contributed by atoms with Crippen molar-refractivity contribution in [3.63, 3.8) is 0 Å². The Morgan fingerprint density at radius 1 is 1.50 bits per heavy atom. The van der Waals surface area contributed by atoms with Gasteiger partial charge in [0.15, 0.2) is 6.34 Å². The molecule has 0 aromatic rings. The summed E-state index contributed by atoms with van der Waals surface area (Å²) in [5.41, 5.74) is 0. The minimum Gasteiger partial charge on any atom is -0.870 e. The van der Waals surface area contributed by atoms with E-state index in [4.69, 9.17) is 0 Å². The normalized spacial score (nSPS) is 14.7. The van der Waals surface area contributed by atoms with Crippen molar-refractivity contribution in [2.45, 2.75) is 0 Å². The highest BCUT2D eigenvalue weighted by Crippen LogP contribution is 1.63. The Hall–Kier alpha value is -0.670. The Morgan fingerprint density at radius 3 is 2.50 bits per heavy atom. The molecule has 0 saturated carbocycles. The lowest BCUT2D eigenvalue weighted by molar-refractivity contribution is -0.447. The summed E-state index contributed by atoms with van der Waals surface area (Å²) in [4.78, 5) is 3.72. The van der Waals surface area contributed by atoms with E-state index in [1.165, 1.54) is 0 Å². The fourth-order valence-electron chi connectivity index (χ4n) is 0.248. The van der Waals surface area contributed by atoms with Gasteiger partial charge >= 0.3 is 0 Å². The van der Waals surface area contributed by atoms with Gasteiger partial charge in [0.1, 0.15) is 6.20 Å². The Labute approximate surface area is 35.7 Å². The van der Waals surface area contributed by atoms with Crippen molar-refractivity contribution in [2.24, 2.45) is 4.99 Å². The summed E-state index contributed by atoms with van der Waals surface area (Å²) >= 11 is 0. The second kappa shape index (κ2) is 2.56. The lowest BCUT2D eigenvalue weighted by Crippen LogP contribution is -2.74. The summed E-state index contributed by atoms with van der Waals surface area (Å²) < 4.78 is 0. The molecule has 3 N–H and O–H groups in total. The summed E-state index contributed by atoms with van der Waals surface area (Å²) in [7, 11) is 0. The molecule has 1 rings (SSSR count). The number of aliphatic imine (C=N–C) groups is 1. The van der Waals surface area contributed by atoms with Crippen molar-refractivity contribution in [3.05, 3.63) is 12.4 Å². The van der Waals surface area contributed by atoms with Gasteiger partial charge in [0.25, 0.3) is 0 Å². The second-order valence-electron chi connectivity index (χ2n) is 0.832. The fourth-order valence-corrected chi connectivity index (χ4v) is 0.248. The predicted octanol–water partition coefficient (Wildman–Crippen LogP) is -1.11. The Bertz CT molecular complexity index is 66.9. The smallest absolute Gasteiger partial charge is 0.191 e. The zero-order valence-corrected chi connectivity index (χ0v) is 3.20. The lowest BCUT2D eigenvalue weighted by atomic mass is 11.0. The monoisotopic (exact) mass is 86.0 g/mol. The average molecular weight is 86.1 g/mol. The van der Waals surface area contributed by atoms with E-state index in [0.29, 0.717) is 0 Å². The first-order valence-electron chi connectivity index (χ1n) is 1.52. The van der Waals surface area contributed by atoms with Crippen LogP contribution in [0, 0.1) is 0 Å². The molecule has 0 radical (unpaired) electrons. The number of rotatable bonds is 0. The zero-order valence-electron chi connectivity index (χ0n) is 3.20. The van der Waals surface area contributed by atoms with Gasteiger partial charge in [-0.2, -0.15) is 0 Å². The van der Waals surface area contributed by atoms with Crippen LogP contribution in [0.25, 0.3) is 0 Å². The number of nitrogens with two attached hydrogens (primary N) is 1. The third-order valence-electron chi connectivity index (χ3n) is 0.455. The average Bonchev–Trinajstić information content (AvgIpc) is 1.76. The molecule has 0 aliphatic carbocycles. The van der Waals surface area contributed by atoms with Crippen LogP contribution in [0.2, 0.25) is 0 Å². The molecule has 1 heterocycles. The van der Waals surface area contributed by atoms with Gasteiger partial charge in [0.05, 0.1) is 6.20 Å². The molecule has 0 saturated heterocycles. The van der Waals surface area contributed by atoms with E-state index in [-0.39, 0.29) is 5.48 Å². The maximum Gasteiger partial charge on any atom is 0.191 e. The van der Waals surface area contributed by atoms with Crippen molar-refractivity contribution in [3.8, 4) is 0 Å². The molecule has 1 aliphatic rings. The second-order valence-corrected chi connectivity index (χ2v) is 0.832. The van der Waals surface area contributed by atoms with Crippen LogP contribution in [0.4, 0.5) is 0 Å². The number of quaternary nitrogens is 1. The fraction of sp³-hybridized carbons (Fsp3) is 0. The first-order chi connectivity index (χ1) is 2.50. The maximum absolute atomic E-state index is 3.72. The molecule has 0 spiro atoms. The molecule has 0 bridgehead atoms. The molecule has 0 atom stereocenters. The molecule has 0 amide bonds. The van der Waals surface area contributed by atoms with Crippen LogP contribution in [0.15, 0.2) is 17.4 Å². The van der Waals surface area contributed by atoms with Crippen LogP contribution in [0.3, 0.4) is 0 Å². The van der Waals surface area contributed by atoms with E-state index in [1.54, 1.807) is 12.5 Å². The van der Waals surface area contributed by atoms with Crippen LogP contribution in [-0.4, -0.2) is 11.8 Å². The van der Waals surface area contributed by atoms with E-state index in [0.717, 1.165) is 0 Å². The van der Waals surface area contributed by atoms with E-state index in [9.17, 15) is 0 Å². The third-order valence-corrected chi connectivity index (χ3v) is 0.455. The van der Waals surface area contributed by atoms with Gasteiger partial charge in [-0.15, -0.1) is 0 Å². The quantitative estimate of drug-likeness (QED) is 0.399. The summed E-state index contributed by atoms with van der Waals surface area (Å²) in [5, 5.41) is 1.89. The molecular weight excluding hydrogens is 80.0 g/mol. The highest BCUT2D eigenvalue weighted by atomic mass is 16.0. The first kappa shape index (κ1) is 5.33. The number of hydrogen-bond donors (Lipinski definition) is 1. The summed E-state index contributed by atoms with van der Waals surface area (Å²) in [5.74, 6) is 0. The van der Waals surface area contributed by atoms with Crippen LogP contribution < -0.4 is 5.32 Å². The zero-order chi connectivity index (χ0) is 3.54. The minimum atomic E-state index is 0. The first-order valence-corrected chi connectivity index (χ1v) is 1.52. The standard InChI is InChI=1S/C3H4N2.H2O/c1-2-5-3-4-1;/h1-3H,(H,4,5);1H2. The molecule has 34 valence electrons. The lowest BCUT2D eigenvalue weighted by Gasteiger charge is -1.58. The number of nitrogens with zero attached hydrogens (tertiary/aromatic N) is 1. The van der Waals surface area contributed by atoms with Gasteiger partial charge < -0.3 is 5.48 Å². The highest BCUT2D eigenvalue weighted by molar-refractivity contribution is 5.45. The van der Waals surface area contributed by atoms with Crippen molar-refractivity contribution in [1.82, 2.24) is 0 Å². The SMILES string of the molecule is C1=C[NH2+]C=N1.[OH-]. The van der Waals surface area contributed by atoms with E-state index in [2.05, 4.69) is 4.99 Å². The van der Waals surface area contributed by atoms with E-state index >= 15 is 0 Å². The van der Waals surface area contributed by atoms with Crippen LogP contribution in [0.5, 0.6) is 0 Å². The van der Waals surface area contributed by atoms with Crippen LogP contribution >= 0.6 is 0 Å². The topological polar surface area (TPSA) is 59.0 Å². The third kappa shape index (κ3) is 0.964. The molecule has 6 heavy (non-hydrogen) atoms. The van der Waals surface area contributed by atoms with Crippen molar-refractivity contribution >= 4 is 6.34 Å². The van der Waals surface area contributed by atoms with E-state index < -0.39 is 0 Å². The van der Waals surface area contributed by atoms with Crippen molar-refractivity contribution in [2.75, 3.05) is 0 Å². The highest BCUT2D eigenvalue weighted by Gasteiger charge is 1.76. The van der Waals surface area contributed by atoms with E-state index in [1.807, 2.05) is 11.5 Å². The maximum atomic E-state index is 3.72. The predicted molar refractivity (Wildman–Crippen MR) is 21.5 cm³/mol. The van der Waals surface area contributed by atoms with Gasteiger partial charge in [-0.3, -0.25) is 5.32 Å². The molecule has 1 aliphatic heterocycles. The molecule has 0 aromatic carbocycles. The van der Waals surface area contributed by atoms with Crippen LogP contribution in [-0.2, 0) is 0 Å². The minimum absolute atomic E-state index is 0. The Morgan fingerprint density at radius 2 is 2.33 bits per heavy atom. The molecule has 0 unspecified atom stereocenters. The van der Waals surface area contributed by atoms with Crippen LogP contribution in [0.1, 0.15) is 0 Å². The Kier molecular flexibility index (Phi) is 2.27. The van der Waals surface area contributed by atoms with Gasteiger partial charge in [-0.05, 0) is 0 Å². The van der Waals surface area contributed by atoms with Gasteiger partial charge in [0, 0.05) is 0 Å². The van der Waals surface area contributed by atoms with Crippen molar-refractivity contribution < 1.29 is 10.8 Å². The summed E-state index contributed by atoms with van der Waals surface area (Å²) in [6.45, 7) is 0. The van der Waals surface area contributed by atoms with Gasteiger partial charge in [-0.1, -0.05) is 0 Å². The largest absolute Gasteiger partial charge is 0.870 e. The molecule has 0 fully saturated rings. The van der Waals surface area contributed by atoms with Gasteiger partial charge in [-0.25, -0.2) is 4.99 Å². The molecule has 3 heteroatoms. The van der Waals surface area contributed by atoms with Gasteiger partial charge in [0.2, 0.25) is 0 Å². The molecule has 0 aromatic heterocycles. The molecular formula is C3H6N2O.